The van der Waals surface area contributed by atoms with Crippen molar-refractivity contribution in [3.8, 4) is 5.75 Å². The molecular formula is C12H20N2O. The fourth-order valence-electron chi connectivity index (χ4n) is 1.22. The highest BCUT2D eigenvalue weighted by Gasteiger charge is 1.94. The summed E-state index contributed by atoms with van der Waals surface area (Å²) in [5.41, 5.74) is 6.34. The van der Waals surface area contributed by atoms with Gasteiger partial charge in [-0.3, -0.25) is 0 Å². The number of hydrogen-bond acceptors (Lipinski definition) is 3. The molecule has 3 N–H and O–H groups in total. The molecule has 15 heavy (non-hydrogen) atoms. The zero-order valence-electron chi connectivity index (χ0n) is 9.49. The maximum atomic E-state index is 5.57. The number of ether oxygens (including phenoxy) is 1. The van der Waals surface area contributed by atoms with Crippen LogP contribution in [0.25, 0.3) is 0 Å². The Morgan fingerprint density at radius 2 is 1.93 bits per heavy atom. The second-order valence-corrected chi connectivity index (χ2v) is 3.88. The molecule has 0 heterocycles. The molecule has 0 bridgehead atoms. The number of nitrogens with two attached hydrogens (primary N) is 1. The van der Waals surface area contributed by atoms with Crippen molar-refractivity contribution in [3.63, 3.8) is 0 Å². The maximum absolute atomic E-state index is 5.57. The Bertz CT molecular complexity index is 269. The van der Waals surface area contributed by atoms with Gasteiger partial charge < -0.3 is 15.8 Å². The number of hydrogen-bond donors (Lipinski definition) is 2. The molecule has 0 aliphatic carbocycles. The van der Waals surface area contributed by atoms with Crippen LogP contribution in [0.1, 0.15) is 20.3 Å². The highest BCUT2D eigenvalue weighted by molar-refractivity contribution is 5.41. The summed E-state index contributed by atoms with van der Waals surface area (Å²) in [6, 6.07) is 8.03. The molecule has 0 aliphatic heterocycles. The van der Waals surface area contributed by atoms with Crippen LogP contribution in [0.3, 0.4) is 0 Å². The summed E-state index contributed by atoms with van der Waals surface area (Å²) in [5, 5.41) is 3.34. The van der Waals surface area contributed by atoms with Gasteiger partial charge in [-0.25, -0.2) is 0 Å². The average Bonchev–Trinajstić information content (AvgIpc) is 2.20. The molecule has 3 heteroatoms. The molecule has 3 nitrogen and oxygen atoms in total. The predicted molar refractivity (Wildman–Crippen MR) is 64.1 cm³/mol. The lowest BCUT2D eigenvalue weighted by Gasteiger charge is -2.09. The highest BCUT2D eigenvalue weighted by atomic mass is 16.5. The Morgan fingerprint density at radius 3 is 2.53 bits per heavy atom. The normalized spacial score (nSPS) is 10.6. The molecule has 0 atom stereocenters. The Hall–Kier alpha value is -1.22. The third-order valence-electron chi connectivity index (χ3n) is 2.02. The molecule has 0 unspecified atom stereocenters. The number of nitrogen functional groups attached to an aromatic ring is 1. The summed E-state index contributed by atoms with van der Waals surface area (Å²) in [6.45, 7) is 6.01. The predicted octanol–water partition coefficient (Wildman–Crippen LogP) is 2.04. The van der Waals surface area contributed by atoms with Gasteiger partial charge in [0.25, 0.3) is 0 Å². The molecule has 0 amide bonds. The van der Waals surface area contributed by atoms with E-state index in [1.165, 1.54) is 0 Å². The zero-order valence-corrected chi connectivity index (χ0v) is 9.49. The van der Waals surface area contributed by atoms with Crippen molar-refractivity contribution in [1.82, 2.24) is 5.32 Å². The molecular weight excluding hydrogens is 188 g/mol. The topological polar surface area (TPSA) is 47.3 Å². The molecule has 0 fully saturated rings. The van der Waals surface area contributed by atoms with Crippen molar-refractivity contribution < 1.29 is 4.74 Å². The van der Waals surface area contributed by atoms with Crippen LogP contribution in [-0.2, 0) is 0 Å². The first kappa shape index (κ1) is 11.9. The van der Waals surface area contributed by atoms with Gasteiger partial charge in [-0.2, -0.15) is 0 Å². The Kier molecular flexibility index (Phi) is 4.98. The minimum atomic E-state index is 0.543. The van der Waals surface area contributed by atoms with Crippen LogP contribution < -0.4 is 15.8 Å². The minimum Gasteiger partial charge on any atom is -0.494 e. The van der Waals surface area contributed by atoms with Gasteiger partial charge in [0.1, 0.15) is 5.75 Å². The second-order valence-electron chi connectivity index (χ2n) is 3.88. The molecule has 0 spiro atoms. The Labute approximate surface area is 91.6 Å². The van der Waals surface area contributed by atoms with Crippen LogP contribution in [-0.4, -0.2) is 19.2 Å². The lowest BCUT2D eigenvalue weighted by Crippen LogP contribution is -2.24. The molecule has 84 valence electrons. The highest BCUT2D eigenvalue weighted by Crippen LogP contribution is 2.12. The van der Waals surface area contributed by atoms with E-state index in [4.69, 9.17) is 10.5 Å². The van der Waals surface area contributed by atoms with E-state index in [0.29, 0.717) is 6.04 Å². The van der Waals surface area contributed by atoms with Gasteiger partial charge >= 0.3 is 0 Å². The van der Waals surface area contributed by atoms with Crippen molar-refractivity contribution in [2.75, 3.05) is 18.9 Å². The van der Waals surface area contributed by atoms with Gasteiger partial charge in [0.05, 0.1) is 6.61 Å². The molecule has 1 rings (SSSR count). The Balaban J connectivity index is 2.12. The van der Waals surface area contributed by atoms with Crippen molar-refractivity contribution >= 4 is 5.69 Å². The number of benzene rings is 1. The molecule has 0 saturated heterocycles. The van der Waals surface area contributed by atoms with E-state index in [0.717, 1.165) is 31.0 Å². The smallest absolute Gasteiger partial charge is 0.119 e. The van der Waals surface area contributed by atoms with Gasteiger partial charge in [0, 0.05) is 11.7 Å². The second kappa shape index (κ2) is 6.30. The maximum Gasteiger partial charge on any atom is 0.119 e. The fourth-order valence-corrected chi connectivity index (χ4v) is 1.22. The standard InChI is InChI=1S/C12H20N2O/c1-10(2)14-8-3-9-15-12-6-4-11(13)5-7-12/h4-7,10,14H,3,8-9,13H2,1-2H3. The van der Waals surface area contributed by atoms with Crippen LogP contribution >= 0.6 is 0 Å². The van der Waals surface area contributed by atoms with Gasteiger partial charge in [0.2, 0.25) is 0 Å². The van der Waals surface area contributed by atoms with E-state index < -0.39 is 0 Å². The molecule has 1 aromatic carbocycles. The first-order valence-electron chi connectivity index (χ1n) is 5.40. The molecule has 0 saturated carbocycles. The first-order valence-corrected chi connectivity index (χ1v) is 5.40. The van der Waals surface area contributed by atoms with E-state index in [1.54, 1.807) is 0 Å². The lowest BCUT2D eigenvalue weighted by atomic mass is 10.3. The van der Waals surface area contributed by atoms with Crippen molar-refractivity contribution in [2.24, 2.45) is 0 Å². The quantitative estimate of drug-likeness (QED) is 0.555. The van der Waals surface area contributed by atoms with Crippen LogP contribution in [0.2, 0.25) is 0 Å². The molecule has 0 radical (unpaired) electrons. The zero-order chi connectivity index (χ0) is 11.1. The van der Waals surface area contributed by atoms with Gasteiger partial charge in [-0.15, -0.1) is 0 Å². The average molecular weight is 208 g/mol. The first-order chi connectivity index (χ1) is 7.18. The molecule has 0 aromatic heterocycles. The fraction of sp³-hybridized carbons (Fsp3) is 0.500. The largest absolute Gasteiger partial charge is 0.494 e. The summed E-state index contributed by atoms with van der Waals surface area (Å²) < 4.78 is 5.55. The number of rotatable bonds is 6. The van der Waals surface area contributed by atoms with Crippen LogP contribution in [0, 0.1) is 0 Å². The summed E-state index contributed by atoms with van der Waals surface area (Å²) >= 11 is 0. The summed E-state index contributed by atoms with van der Waals surface area (Å²) in [6.07, 6.45) is 1.02. The monoisotopic (exact) mass is 208 g/mol. The van der Waals surface area contributed by atoms with Gasteiger partial charge in [-0.05, 0) is 37.2 Å². The third-order valence-corrected chi connectivity index (χ3v) is 2.02. The lowest BCUT2D eigenvalue weighted by molar-refractivity contribution is 0.306. The summed E-state index contributed by atoms with van der Waals surface area (Å²) in [5.74, 6) is 0.883. The van der Waals surface area contributed by atoms with E-state index >= 15 is 0 Å². The summed E-state index contributed by atoms with van der Waals surface area (Å²) in [4.78, 5) is 0. The van der Waals surface area contributed by atoms with Gasteiger partial charge in [-0.1, -0.05) is 13.8 Å². The van der Waals surface area contributed by atoms with Crippen molar-refractivity contribution in [3.05, 3.63) is 24.3 Å². The van der Waals surface area contributed by atoms with Gasteiger partial charge in [0.15, 0.2) is 0 Å². The molecule has 1 aromatic rings. The van der Waals surface area contributed by atoms with E-state index in [1.807, 2.05) is 24.3 Å². The van der Waals surface area contributed by atoms with E-state index in [-0.39, 0.29) is 0 Å². The van der Waals surface area contributed by atoms with E-state index in [2.05, 4.69) is 19.2 Å². The van der Waals surface area contributed by atoms with Crippen molar-refractivity contribution in [1.29, 1.82) is 0 Å². The number of anilines is 1. The molecule has 0 aliphatic rings. The van der Waals surface area contributed by atoms with Crippen LogP contribution in [0.15, 0.2) is 24.3 Å². The minimum absolute atomic E-state index is 0.543. The van der Waals surface area contributed by atoms with Crippen molar-refractivity contribution in [2.45, 2.75) is 26.3 Å². The van der Waals surface area contributed by atoms with Crippen LogP contribution in [0.4, 0.5) is 5.69 Å². The third kappa shape index (κ3) is 5.27. The SMILES string of the molecule is CC(C)NCCCOc1ccc(N)cc1. The Morgan fingerprint density at radius 1 is 1.27 bits per heavy atom. The summed E-state index contributed by atoms with van der Waals surface area (Å²) in [7, 11) is 0. The number of nitrogens with one attached hydrogen (secondary N) is 1. The van der Waals surface area contributed by atoms with Crippen LogP contribution in [0.5, 0.6) is 5.75 Å². The van der Waals surface area contributed by atoms with E-state index in [9.17, 15) is 0 Å².